The highest BCUT2D eigenvalue weighted by Crippen LogP contribution is 2.31. The van der Waals surface area contributed by atoms with Crippen LogP contribution >= 0.6 is 11.8 Å². The number of nitrogens with zero attached hydrogens (tertiary/aromatic N) is 2. The second-order valence-corrected chi connectivity index (χ2v) is 6.97. The number of anilines is 1. The number of amidine groups is 1. The van der Waals surface area contributed by atoms with Gasteiger partial charge in [-0.25, -0.2) is 0 Å². The van der Waals surface area contributed by atoms with Crippen molar-refractivity contribution in [1.82, 2.24) is 4.57 Å². The Bertz CT molecular complexity index is 1100. The second kappa shape index (κ2) is 7.13. The van der Waals surface area contributed by atoms with Gasteiger partial charge in [0, 0.05) is 28.4 Å². The minimum absolute atomic E-state index is 0.0824. The van der Waals surface area contributed by atoms with Crippen LogP contribution in [0.25, 0.3) is 17.0 Å². The van der Waals surface area contributed by atoms with Crippen LogP contribution in [-0.4, -0.2) is 21.5 Å². The summed E-state index contributed by atoms with van der Waals surface area (Å²) in [5.74, 6) is -0.715. The molecule has 0 saturated heterocycles. The molecule has 0 saturated carbocycles. The van der Waals surface area contributed by atoms with E-state index in [0.717, 1.165) is 22.2 Å². The minimum Gasteiger partial charge on any atom is -0.368 e. The van der Waals surface area contributed by atoms with Gasteiger partial charge in [0.15, 0.2) is 5.17 Å². The Kier molecular flexibility index (Phi) is 4.52. The molecule has 133 valence electrons. The first-order valence-corrected chi connectivity index (χ1v) is 9.04. The number of nitrogens with two attached hydrogens (primary N) is 1. The lowest BCUT2D eigenvalue weighted by molar-refractivity contribution is -0.118. The summed E-state index contributed by atoms with van der Waals surface area (Å²) in [4.78, 5) is 28.2. The van der Waals surface area contributed by atoms with E-state index in [2.05, 4.69) is 16.4 Å². The van der Waals surface area contributed by atoms with Crippen LogP contribution in [0.5, 0.6) is 0 Å². The summed E-state index contributed by atoms with van der Waals surface area (Å²) in [6.07, 6.45) is 3.62. The Morgan fingerprint density at radius 3 is 2.81 bits per heavy atom. The number of nitrogens with one attached hydrogen (secondary N) is 1. The third-order valence-electron chi connectivity index (χ3n) is 4.02. The highest BCUT2D eigenvalue weighted by Gasteiger charge is 2.22. The van der Waals surface area contributed by atoms with Crippen LogP contribution in [0.15, 0.2) is 64.6 Å². The van der Waals surface area contributed by atoms with E-state index in [0.29, 0.717) is 10.1 Å². The van der Waals surface area contributed by atoms with Gasteiger partial charge in [-0.3, -0.25) is 9.59 Å². The van der Waals surface area contributed by atoms with Crippen LogP contribution in [0, 0.1) is 6.07 Å². The fourth-order valence-electron chi connectivity index (χ4n) is 2.89. The van der Waals surface area contributed by atoms with Crippen LogP contribution in [0.2, 0.25) is 0 Å². The van der Waals surface area contributed by atoms with E-state index in [1.165, 1.54) is 11.8 Å². The highest BCUT2D eigenvalue weighted by atomic mass is 32.2. The maximum Gasteiger partial charge on any atom is 0.286 e. The van der Waals surface area contributed by atoms with E-state index in [1.54, 1.807) is 22.8 Å². The number of hydrogen-bond donors (Lipinski definition) is 2. The number of amides is 2. The fourth-order valence-corrected chi connectivity index (χ4v) is 3.71. The topological polar surface area (TPSA) is 89.5 Å². The molecule has 4 rings (SSSR count). The Hall–Kier alpha value is -3.32. The lowest BCUT2D eigenvalue weighted by Gasteiger charge is -2.03. The van der Waals surface area contributed by atoms with Gasteiger partial charge in [0.1, 0.15) is 6.54 Å². The number of carbonyl (C=O) groups is 2. The van der Waals surface area contributed by atoms with Crippen molar-refractivity contribution in [2.75, 3.05) is 5.32 Å². The predicted octanol–water partition coefficient (Wildman–Crippen LogP) is 3.01. The van der Waals surface area contributed by atoms with Gasteiger partial charge in [0.05, 0.1) is 4.91 Å². The third kappa shape index (κ3) is 3.63. The molecule has 0 bridgehead atoms. The lowest BCUT2D eigenvalue weighted by atomic mass is 10.1. The van der Waals surface area contributed by atoms with Crippen LogP contribution in [0.3, 0.4) is 0 Å². The lowest BCUT2D eigenvalue weighted by Crippen LogP contribution is -2.17. The molecule has 2 heterocycles. The molecule has 0 aliphatic carbocycles. The minimum atomic E-state index is -0.420. The standard InChI is InChI=1S/C20H15N4O2S/c21-18(25)12-24-11-13(15-8-4-5-9-16(15)24)10-17-19(26)23-20(27-17)22-14-6-2-1-3-7-14/h2-11H,12H2,(H2,21,25)(H,22,23,26). The molecule has 2 aromatic carbocycles. The summed E-state index contributed by atoms with van der Waals surface area (Å²) in [6, 6.07) is 17.9. The molecule has 7 heteroatoms. The largest absolute Gasteiger partial charge is 0.368 e. The molecule has 6 nitrogen and oxygen atoms in total. The first-order valence-electron chi connectivity index (χ1n) is 8.22. The molecule has 3 N–H and O–H groups in total. The van der Waals surface area contributed by atoms with Crippen molar-refractivity contribution in [3.05, 3.63) is 71.3 Å². The molecular formula is C20H15N4O2S. The average Bonchev–Trinajstić information content (AvgIpc) is 3.16. The number of fused-ring (bicyclic) bond motifs is 1. The molecule has 1 aromatic heterocycles. The van der Waals surface area contributed by atoms with E-state index in [-0.39, 0.29) is 12.5 Å². The summed E-state index contributed by atoms with van der Waals surface area (Å²) < 4.78 is 1.79. The van der Waals surface area contributed by atoms with E-state index < -0.39 is 5.91 Å². The van der Waals surface area contributed by atoms with Gasteiger partial charge in [-0.15, -0.1) is 0 Å². The van der Waals surface area contributed by atoms with Gasteiger partial charge in [0.25, 0.3) is 5.91 Å². The first-order chi connectivity index (χ1) is 13.1. The monoisotopic (exact) mass is 375 g/mol. The second-order valence-electron chi connectivity index (χ2n) is 5.94. The molecule has 0 atom stereocenters. The van der Waals surface area contributed by atoms with Gasteiger partial charge in [0.2, 0.25) is 5.91 Å². The molecule has 2 amide bonds. The van der Waals surface area contributed by atoms with Crippen LogP contribution in [-0.2, 0) is 16.1 Å². The Labute approximate surface area is 159 Å². The van der Waals surface area contributed by atoms with Crippen molar-refractivity contribution in [3.8, 4) is 0 Å². The molecule has 3 aromatic rings. The molecular weight excluding hydrogens is 360 g/mol. The maximum absolute atomic E-state index is 12.3. The molecule has 1 radical (unpaired) electrons. The van der Waals surface area contributed by atoms with Gasteiger partial charge in [-0.05, 0) is 42.1 Å². The summed E-state index contributed by atoms with van der Waals surface area (Å²) in [7, 11) is 0. The Morgan fingerprint density at radius 2 is 2.04 bits per heavy atom. The normalized spacial score (nSPS) is 15.3. The van der Waals surface area contributed by atoms with Crippen LogP contribution in [0.4, 0.5) is 5.69 Å². The van der Waals surface area contributed by atoms with E-state index in [4.69, 9.17) is 5.73 Å². The molecule has 1 aliphatic heterocycles. The highest BCUT2D eigenvalue weighted by molar-refractivity contribution is 8.18. The van der Waals surface area contributed by atoms with E-state index >= 15 is 0 Å². The van der Waals surface area contributed by atoms with Crippen molar-refractivity contribution in [2.45, 2.75) is 6.54 Å². The van der Waals surface area contributed by atoms with E-state index in [9.17, 15) is 9.59 Å². The average molecular weight is 375 g/mol. The predicted molar refractivity (Wildman–Crippen MR) is 108 cm³/mol. The molecule has 1 aliphatic rings. The zero-order chi connectivity index (χ0) is 18.8. The van der Waals surface area contributed by atoms with Crippen molar-refractivity contribution < 1.29 is 9.59 Å². The van der Waals surface area contributed by atoms with E-state index in [1.807, 2.05) is 42.6 Å². The zero-order valence-electron chi connectivity index (χ0n) is 14.2. The van der Waals surface area contributed by atoms with Gasteiger partial charge < -0.3 is 15.6 Å². The fraction of sp³-hybridized carbons (Fsp3) is 0.0500. The van der Waals surface area contributed by atoms with Crippen molar-refractivity contribution >= 4 is 51.4 Å². The number of thioether (sulfide) groups is 1. The number of primary amides is 1. The van der Waals surface area contributed by atoms with Gasteiger partial charge in [-0.2, -0.15) is 4.99 Å². The first kappa shape index (κ1) is 17.1. The molecule has 27 heavy (non-hydrogen) atoms. The van der Waals surface area contributed by atoms with Crippen LogP contribution in [0.1, 0.15) is 5.56 Å². The third-order valence-corrected chi connectivity index (χ3v) is 4.92. The number of aromatic nitrogens is 1. The van der Waals surface area contributed by atoms with Crippen molar-refractivity contribution in [3.63, 3.8) is 0 Å². The summed E-state index contributed by atoms with van der Waals surface area (Å²) >= 11 is 1.28. The summed E-state index contributed by atoms with van der Waals surface area (Å²) in [5, 5.41) is 4.59. The van der Waals surface area contributed by atoms with Gasteiger partial charge in [-0.1, -0.05) is 30.3 Å². The smallest absolute Gasteiger partial charge is 0.286 e. The van der Waals surface area contributed by atoms with Crippen LogP contribution < -0.4 is 11.1 Å². The SMILES string of the molecule is NC(=O)Cn1cc(C=C2SC(Nc3cc[c]cc3)=NC2=O)c2ccccc21. The number of para-hydroxylation sites is 1. The van der Waals surface area contributed by atoms with Crippen molar-refractivity contribution in [2.24, 2.45) is 10.7 Å². The number of carbonyl (C=O) groups excluding carboxylic acids is 2. The summed E-state index contributed by atoms with van der Waals surface area (Å²) in [6.45, 7) is 0.0824. The Morgan fingerprint density at radius 1 is 1.26 bits per heavy atom. The number of benzene rings is 2. The molecule has 0 spiro atoms. The molecule has 0 unspecified atom stereocenters. The quantitative estimate of drug-likeness (QED) is 0.686. The summed E-state index contributed by atoms with van der Waals surface area (Å²) in [5.41, 5.74) is 7.91. The molecule has 0 fully saturated rings. The number of hydrogen-bond acceptors (Lipinski definition) is 4. The maximum atomic E-state index is 12.3. The number of aliphatic imine (C=N–C) groups is 1. The zero-order valence-corrected chi connectivity index (χ0v) is 15.0. The Balaban J connectivity index is 1.63. The number of rotatable bonds is 4. The van der Waals surface area contributed by atoms with Gasteiger partial charge >= 0.3 is 0 Å². The van der Waals surface area contributed by atoms with Crippen molar-refractivity contribution in [1.29, 1.82) is 0 Å².